The number of aliphatic imine (C=N–C) groups is 1. The van der Waals surface area contributed by atoms with Crippen LogP contribution in [0.5, 0.6) is 11.5 Å². The highest BCUT2D eigenvalue weighted by Gasteiger charge is 2.21. The fraction of sp³-hybridized carbons (Fsp3) is 0.433. The predicted octanol–water partition coefficient (Wildman–Crippen LogP) is 6.87. The summed E-state index contributed by atoms with van der Waals surface area (Å²) in [7, 11) is 0. The van der Waals surface area contributed by atoms with E-state index in [2.05, 4.69) is 19.1 Å². The smallest absolute Gasteiger partial charge is 0.323 e. The molecular weight excluding hydrogens is 484 g/mol. The third kappa shape index (κ3) is 6.04. The Morgan fingerprint density at radius 2 is 1.78 bits per heavy atom. The van der Waals surface area contributed by atoms with Gasteiger partial charge in [-0.05, 0) is 74.4 Å². The summed E-state index contributed by atoms with van der Waals surface area (Å²) in [6.45, 7) is 12.1. The van der Waals surface area contributed by atoms with Crippen molar-refractivity contribution in [1.82, 2.24) is 4.57 Å². The number of nitrogens with zero attached hydrogens (tertiary/aromatic N) is 2. The van der Waals surface area contributed by atoms with Crippen molar-refractivity contribution in [3.05, 3.63) is 58.3 Å². The van der Waals surface area contributed by atoms with Gasteiger partial charge in [0.25, 0.3) is 0 Å². The van der Waals surface area contributed by atoms with Crippen LogP contribution in [-0.4, -0.2) is 36.6 Å². The van der Waals surface area contributed by atoms with Gasteiger partial charge >= 0.3 is 5.97 Å². The molecule has 37 heavy (non-hydrogen) atoms. The molecule has 3 N–H and O–H groups in total. The average Bonchev–Trinajstić information content (AvgIpc) is 3.09. The summed E-state index contributed by atoms with van der Waals surface area (Å²) in [5, 5.41) is 31.0. The molecule has 0 aliphatic rings. The molecule has 1 aromatic heterocycles. The van der Waals surface area contributed by atoms with Crippen LogP contribution in [0.2, 0.25) is 0 Å². The van der Waals surface area contributed by atoms with E-state index in [0.717, 1.165) is 57.4 Å². The SMILES string of the molecule is CCC(=NC(=S)C(CC)Cc1ccc2c(c1)c(C)c(C)n2CC(=O)O)C(C)c1cc(CC)c(O)cc1O. The molecule has 2 atom stereocenters. The summed E-state index contributed by atoms with van der Waals surface area (Å²) in [5.74, 6) is -0.750. The minimum absolute atomic E-state index is 0.0553. The summed E-state index contributed by atoms with van der Waals surface area (Å²) in [4.78, 5) is 16.9. The van der Waals surface area contributed by atoms with Crippen LogP contribution < -0.4 is 0 Å². The minimum atomic E-state index is -0.856. The summed E-state index contributed by atoms with van der Waals surface area (Å²) in [5.41, 5.74) is 6.56. The van der Waals surface area contributed by atoms with Crippen molar-refractivity contribution in [1.29, 1.82) is 0 Å². The Hall–Kier alpha value is -3.19. The van der Waals surface area contributed by atoms with Gasteiger partial charge in [0.05, 0.1) is 0 Å². The highest BCUT2D eigenvalue weighted by atomic mass is 32.1. The maximum Gasteiger partial charge on any atom is 0.323 e. The van der Waals surface area contributed by atoms with Gasteiger partial charge in [-0.2, -0.15) is 0 Å². The maximum atomic E-state index is 11.3. The second-order valence-corrected chi connectivity index (χ2v) is 10.2. The number of aliphatic carboxylic acids is 1. The van der Waals surface area contributed by atoms with E-state index < -0.39 is 5.97 Å². The van der Waals surface area contributed by atoms with Crippen LogP contribution in [-0.2, 0) is 24.2 Å². The molecule has 1 heterocycles. The predicted molar refractivity (Wildman–Crippen MR) is 154 cm³/mol. The first kappa shape index (κ1) is 28.4. The number of phenolic OH excluding ortho intramolecular Hbond substituents is 2. The van der Waals surface area contributed by atoms with E-state index in [1.807, 2.05) is 51.3 Å². The number of benzene rings is 2. The topological polar surface area (TPSA) is 95.1 Å². The maximum absolute atomic E-state index is 11.3. The van der Waals surface area contributed by atoms with Crippen molar-refractivity contribution in [2.45, 2.75) is 79.7 Å². The summed E-state index contributed by atoms with van der Waals surface area (Å²) < 4.78 is 1.85. The molecule has 3 aromatic rings. The second kappa shape index (κ2) is 11.9. The van der Waals surface area contributed by atoms with Crippen molar-refractivity contribution < 1.29 is 20.1 Å². The van der Waals surface area contributed by atoms with Crippen molar-refractivity contribution in [2.75, 3.05) is 0 Å². The van der Waals surface area contributed by atoms with E-state index in [1.165, 1.54) is 6.07 Å². The number of carboxylic acid groups (broad SMARTS) is 1. The molecule has 0 saturated carbocycles. The number of carbonyl (C=O) groups is 1. The summed E-state index contributed by atoms with van der Waals surface area (Å²) in [6, 6.07) is 9.48. The molecule has 0 saturated heterocycles. The molecule has 7 heteroatoms. The minimum Gasteiger partial charge on any atom is -0.508 e. The van der Waals surface area contributed by atoms with Gasteiger partial charge < -0.3 is 19.9 Å². The Morgan fingerprint density at radius 1 is 1.08 bits per heavy atom. The van der Waals surface area contributed by atoms with Gasteiger partial charge in [-0.15, -0.1) is 0 Å². The average molecular weight is 523 g/mol. The molecule has 0 fully saturated rings. The number of thiocarbonyl (C=S) groups is 1. The molecule has 198 valence electrons. The van der Waals surface area contributed by atoms with Crippen LogP contribution in [0.25, 0.3) is 10.9 Å². The van der Waals surface area contributed by atoms with Gasteiger partial charge in [-0.3, -0.25) is 4.79 Å². The van der Waals surface area contributed by atoms with Gasteiger partial charge in [0.1, 0.15) is 23.0 Å². The Balaban J connectivity index is 1.88. The van der Waals surface area contributed by atoms with Gasteiger partial charge in [0, 0.05) is 45.8 Å². The molecule has 0 amide bonds. The van der Waals surface area contributed by atoms with Crippen LogP contribution in [0.4, 0.5) is 0 Å². The Morgan fingerprint density at radius 3 is 2.38 bits per heavy atom. The van der Waals surface area contributed by atoms with E-state index in [9.17, 15) is 20.1 Å². The monoisotopic (exact) mass is 522 g/mol. The molecule has 0 spiro atoms. The Labute approximate surface area is 224 Å². The van der Waals surface area contributed by atoms with Crippen molar-refractivity contribution in [3.63, 3.8) is 0 Å². The lowest BCUT2D eigenvalue weighted by molar-refractivity contribution is -0.137. The zero-order valence-electron chi connectivity index (χ0n) is 22.6. The highest BCUT2D eigenvalue weighted by molar-refractivity contribution is 7.80. The number of phenols is 2. The first-order valence-corrected chi connectivity index (χ1v) is 13.4. The lowest BCUT2D eigenvalue weighted by atomic mass is 9.91. The fourth-order valence-corrected chi connectivity index (χ4v) is 5.39. The number of aryl methyl sites for hydroxylation is 2. The van der Waals surface area contributed by atoms with E-state index in [-0.39, 0.29) is 29.9 Å². The number of aromatic hydroxyl groups is 2. The second-order valence-electron chi connectivity index (χ2n) is 9.76. The molecule has 0 bridgehead atoms. The highest BCUT2D eigenvalue weighted by Crippen LogP contribution is 2.34. The van der Waals surface area contributed by atoms with Crippen LogP contribution in [0, 0.1) is 19.8 Å². The lowest BCUT2D eigenvalue weighted by Gasteiger charge is -2.20. The number of hydrogen-bond donors (Lipinski definition) is 3. The quantitative estimate of drug-likeness (QED) is 0.200. The molecule has 0 aliphatic heterocycles. The third-order valence-electron chi connectivity index (χ3n) is 7.51. The van der Waals surface area contributed by atoms with Gasteiger partial charge in [-0.25, -0.2) is 4.99 Å². The van der Waals surface area contributed by atoms with Crippen molar-refractivity contribution in [2.24, 2.45) is 10.9 Å². The van der Waals surface area contributed by atoms with Gasteiger partial charge in [0.2, 0.25) is 0 Å². The molecule has 6 nitrogen and oxygen atoms in total. The van der Waals surface area contributed by atoms with Crippen LogP contribution in [0.3, 0.4) is 0 Å². The Kier molecular flexibility index (Phi) is 9.13. The van der Waals surface area contributed by atoms with E-state index in [1.54, 1.807) is 0 Å². The zero-order chi connectivity index (χ0) is 27.4. The third-order valence-corrected chi connectivity index (χ3v) is 7.94. The van der Waals surface area contributed by atoms with Crippen LogP contribution >= 0.6 is 12.2 Å². The molecule has 2 unspecified atom stereocenters. The normalized spacial score (nSPS) is 13.6. The van der Waals surface area contributed by atoms with Crippen molar-refractivity contribution >= 4 is 39.8 Å². The molecular formula is C30H38N2O4S. The van der Waals surface area contributed by atoms with Crippen molar-refractivity contribution in [3.8, 4) is 11.5 Å². The number of fused-ring (bicyclic) bond motifs is 1. The van der Waals surface area contributed by atoms with Gasteiger partial charge in [-0.1, -0.05) is 46.0 Å². The lowest BCUT2D eigenvalue weighted by Crippen LogP contribution is -2.17. The molecule has 0 aliphatic carbocycles. The number of aromatic nitrogens is 1. The largest absolute Gasteiger partial charge is 0.508 e. The van der Waals surface area contributed by atoms with Gasteiger partial charge in [0.15, 0.2) is 0 Å². The number of carboxylic acids is 1. The first-order chi connectivity index (χ1) is 17.5. The first-order valence-electron chi connectivity index (χ1n) is 13.0. The zero-order valence-corrected chi connectivity index (χ0v) is 23.4. The van der Waals surface area contributed by atoms with Crippen LogP contribution in [0.1, 0.15) is 74.4 Å². The number of rotatable bonds is 10. The molecule has 3 rings (SSSR count). The Bertz CT molecular complexity index is 1360. The van der Waals surface area contributed by atoms with E-state index >= 15 is 0 Å². The van der Waals surface area contributed by atoms with E-state index in [0.29, 0.717) is 17.8 Å². The van der Waals surface area contributed by atoms with E-state index in [4.69, 9.17) is 17.2 Å². The number of hydrogen-bond acceptors (Lipinski definition) is 4. The summed E-state index contributed by atoms with van der Waals surface area (Å²) in [6.07, 6.45) is 2.95. The molecule has 0 radical (unpaired) electrons. The standard InChI is InChI=1S/C30H38N2O4S/c1-7-21-14-24(28(34)15-27(21)33)18(5)25(9-3)31-30(37)22(8-2)12-20-10-11-26-23(13-20)17(4)19(6)32(26)16-29(35)36/h10-11,13-15,18,22,33-34H,7-9,12,16H2,1-6H3,(H,35,36). The molecule has 2 aromatic carbocycles. The fourth-order valence-electron chi connectivity index (χ4n) is 5.02. The van der Waals surface area contributed by atoms with Crippen LogP contribution in [0.15, 0.2) is 35.3 Å². The summed E-state index contributed by atoms with van der Waals surface area (Å²) >= 11 is 5.82.